The number of nitrogens with zero attached hydrogens (tertiary/aromatic N) is 3. The van der Waals surface area contributed by atoms with Gasteiger partial charge in [-0.2, -0.15) is 5.26 Å². The van der Waals surface area contributed by atoms with E-state index in [4.69, 9.17) is 24.2 Å². The van der Waals surface area contributed by atoms with E-state index in [0.717, 1.165) is 11.8 Å². The summed E-state index contributed by atoms with van der Waals surface area (Å²) in [6.45, 7) is 7.02. The van der Waals surface area contributed by atoms with Crippen LogP contribution in [0.4, 0.5) is 0 Å². The molecule has 1 aliphatic heterocycles. The third-order valence-corrected chi connectivity index (χ3v) is 5.77. The van der Waals surface area contributed by atoms with Crippen molar-refractivity contribution in [2.75, 3.05) is 6.61 Å². The number of esters is 3. The summed E-state index contributed by atoms with van der Waals surface area (Å²) in [4.78, 5) is 43.4. The van der Waals surface area contributed by atoms with Crippen LogP contribution in [0.3, 0.4) is 0 Å². The number of rotatable bonds is 7. The van der Waals surface area contributed by atoms with Crippen molar-refractivity contribution >= 4 is 52.3 Å². The Morgan fingerprint density at radius 1 is 1.26 bits per heavy atom. The van der Waals surface area contributed by atoms with Gasteiger partial charge in [-0.15, -0.1) is 0 Å². The molecule has 2 rings (SSSR count). The fourth-order valence-electron chi connectivity index (χ4n) is 2.89. The Morgan fingerprint density at radius 3 is 2.42 bits per heavy atom. The SMILES string of the molecule is C=NC1C(OC(C)=O)[C@@H](Sc2cnc(C#N)c(Br)c2)OC(COC(C)=O)[C@@H]1OC(C)=O. The molecule has 0 saturated carbocycles. The van der Waals surface area contributed by atoms with Gasteiger partial charge in [0.25, 0.3) is 0 Å². The van der Waals surface area contributed by atoms with Crippen molar-refractivity contribution < 1.29 is 33.3 Å². The summed E-state index contributed by atoms with van der Waals surface area (Å²) in [6.07, 6.45) is -1.38. The summed E-state index contributed by atoms with van der Waals surface area (Å²) in [5, 5.41) is 9.04. The molecular formula is C19H20BrN3O7S. The number of carbonyl (C=O) groups excluding carboxylic acids is 3. The normalized spacial score (nSPS) is 25.1. The summed E-state index contributed by atoms with van der Waals surface area (Å²) < 4.78 is 22.4. The molecule has 0 radical (unpaired) electrons. The zero-order valence-corrected chi connectivity index (χ0v) is 19.3. The van der Waals surface area contributed by atoms with Gasteiger partial charge in [-0.05, 0) is 28.7 Å². The zero-order chi connectivity index (χ0) is 23.1. The molecule has 0 spiro atoms. The van der Waals surface area contributed by atoms with Crippen LogP contribution in [0.1, 0.15) is 26.5 Å². The standard InChI is InChI=1S/C19H20BrN3O7S/c1-9(24)27-8-15-17(28-10(2)25)16(22-4)18(29-11(3)26)19(30-15)31-12-5-13(20)14(6-21)23-7-12/h5,7,15-19H,4,8H2,1-3H3/t15?,16?,17-,18?,19+/m0/s1. The molecule has 0 amide bonds. The van der Waals surface area contributed by atoms with Crippen LogP contribution in [-0.2, 0) is 33.3 Å². The van der Waals surface area contributed by atoms with Crippen molar-refractivity contribution in [1.29, 1.82) is 5.26 Å². The number of aliphatic imine (C=N–C) groups is 1. The number of halogens is 1. The van der Waals surface area contributed by atoms with Gasteiger partial charge in [0, 0.05) is 31.9 Å². The fraction of sp³-hybridized carbons (Fsp3) is 0.474. The Kier molecular flexibility index (Phi) is 8.97. The molecule has 1 fully saturated rings. The smallest absolute Gasteiger partial charge is 0.303 e. The average Bonchev–Trinajstić information content (AvgIpc) is 2.68. The van der Waals surface area contributed by atoms with E-state index in [1.54, 1.807) is 6.07 Å². The van der Waals surface area contributed by atoms with Crippen LogP contribution in [-0.4, -0.2) is 66.0 Å². The Bertz CT molecular complexity index is 907. The quantitative estimate of drug-likeness (QED) is 0.302. The van der Waals surface area contributed by atoms with Crippen molar-refractivity contribution in [3.05, 3.63) is 22.4 Å². The van der Waals surface area contributed by atoms with Crippen LogP contribution >= 0.6 is 27.7 Å². The van der Waals surface area contributed by atoms with Gasteiger partial charge < -0.3 is 18.9 Å². The van der Waals surface area contributed by atoms with Gasteiger partial charge in [0.1, 0.15) is 30.3 Å². The molecule has 1 saturated heterocycles. The largest absolute Gasteiger partial charge is 0.463 e. The number of hydrogen-bond acceptors (Lipinski definition) is 11. The molecule has 12 heteroatoms. The summed E-state index contributed by atoms with van der Waals surface area (Å²) in [7, 11) is 0. The van der Waals surface area contributed by atoms with Gasteiger partial charge in [0.05, 0.1) is 4.47 Å². The van der Waals surface area contributed by atoms with E-state index >= 15 is 0 Å². The number of ether oxygens (including phenoxy) is 4. The molecule has 5 atom stereocenters. The van der Waals surface area contributed by atoms with E-state index in [0.29, 0.717) is 9.37 Å². The zero-order valence-electron chi connectivity index (χ0n) is 16.9. The number of aromatic nitrogens is 1. The maximum atomic E-state index is 11.8. The topological polar surface area (TPSA) is 137 Å². The van der Waals surface area contributed by atoms with Crippen LogP contribution in [0.15, 0.2) is 26.6 Å². The minimum absolute atomic E-state index is 0.207. The van der Waals surface area contributed by atoms with Crippen LogP contribution in [0.2, 0.25) is 0 Å². The lowest BCUT2D eigenvalue weighted by Crippen LogP contribution is -2.59. The molecule has 10 nitrogen and oxygen atoms in total. The third-order valence-electron chi connectivity index (χ3n) is 4.06. The molecule has 2 heterocycles. The van der Waals surface area contributed by atoms with Crippen LogP contribution in [0.25, 0.3) is 0 Å². The second-order valence-electron chi connectivity index (χ2n) is 6.40. The second-order valence-corrected chi connectivity index (χ2v) is 8.42. The van der Waals surface area contributed by atoms with Gasteiger partial charge in [0.15, 0.2) is 17.9 Å². The summed E-state index contributed by atoms with van der Waals surface area (Å²) in [5.41, 5.74) is -0.618. The number of nitriles is 1. The molecule has 1 aliphatic rings. The highest BCUT2D eigenvalue weighted by Gasteiger charge is 2.50. The first-order chi connectivity index (χ1) is 14.7. The van der Waals surface area contributed by atoms with E-state index < -0.39 is 47.7 Å². The lowest BCUT2D eigenvalue weighted by atomic mass is 9.97. The molecule has 0 N–H and O–H groups in total. The van der Waals surface area contributed by atoms with Gasteiger partial charge in [-0.3, -0.25) is 19.4 Å². The lowest BCUT2D eigenvalue weighted by molar-refractivity contribution is -0.200. The number of pyridine rings is 1. The Hall–Kier alpha value is -2.49. The Morgan fingerprint density at radius 2 is 1.90 bits per heavy atom. The minimum Gasteiger partial charge on any atom is -0.463 e. The van der Waals surface area contributed by atoms with Gasteiger partial charge >= 0.3 is 17.9 Å². The molecule has 0 bridgehead atoms. The first-order valence-electron chi connectivity index (χ1n) is 8.97. The molecule has 1 aromatic heterocycles. The molecule has 1 aromatic rings. The number of carbonyl (C=O) groups is 3. The van der Waals surface area contributed by atoms with Crippen LogP contribution in [0, 0.1) is 11.3 Å². The van der Waals surface area contributed by atoms with Crippen molar-refractivity contribution in [1.82, 2.24) is 4.98 Å². The van der Waals surface area contributed by atoms with E-state index in [2.05, 4.69) is 32.6 Å². The van der Waals surface area contributed by atoms with Gasteiger partial charge in [0.2, 0.25) is 0 Å². The van der Waals surface area contributed by atoms with E-state index in [-0.39, 0.29) is 12.3 Å². The lowest BCUT2D eigenvalue weighted by Gasteiger charge is -2.43. The van der Waals surface area contributed by atoms with Crippen molar-refractivity contribution in [3.8, 4) is 6.07 Å². The first-order valence-corrected chi connectivity index (χ1v) is 10.6. The maximum Gasteiger partial charge on any atom is 0.303 e. The molecule has 166 valence electrons. The minimum atomic E-state index is -0.999. The number of thioether (sulfide) groups is 1. The highest BCUT2D eigenvalue weighted by Crippen LogP contribution is 2.38. The van der Waals surface area contributed by atoms with Crippen LogP contribution < -0.4 is 0 Å². The second kappa shape index (κ2) is 11.2. The summed E-state index contributed by atoms with van der Waals surface area (Å²) in [6, 6.07) is 2.73. The highest BCUT2D eigenvalue weighted by atomic mass is 79.9. The Labute approximate surface area is 191 Å². The average molecular weight is 514 g/mol. The van der Waals surface area contributed by atoms with Crippen LogP contribution in [0.5, 0.6) is 0 Å². The maximum absolute atomic E-state index is 11.8. The highest BCUT2D eigenvalue weighted by molar-refractivity contribution is 9.10. The van der Waals surface area contributed by atoms with E-state index in [9.17, 15) is 14.4 Å². The molecule has 31 heavy (non-hydrogen) atoms. The number of hydrogen-bond donors (Lipinski definition) is 0. The Balaban J connectivity index is 2.40. The molecule has 0 aromatic carbocycles. The van der Waals surface area contributed by atoms with Crippen molar-refractivity contribution in [3.63, 3.8) is 0 Å². The molecule has 3 unspecified atom stereocenters. The van der Waals surface area contributed by atoms with E-state index in [1.165, 1.54) is 27.0 Å². The predicted molar refractivity (Wildman–Crippen MR) is 112 cm³/mol. The monoisotopic (exact) mass is 513 g/mol. The summed E-state index contributed by atoms with van der Waals surface area (Å²) >= 11 is 4.43. The summed E-state index contributed by atoms with van der Waals surface area (Å²) in [5.74, 6) is -1.74. The van der Waals surface area contributed by atoms with E-state index in [1.807, 2.05) is 6.07 Å². The van der Waals surface area contributed by atoms with Crippen molar-refractivity contribution in [2.45, 2.75) is 55.5 Å². The fourth-order valence-corrected chi connectivity index (χ4v) is 4.59. The van der Waals surface area contributed by atoms with Crippen molar-refractivity contribution in [2.24, 2.45) is 4.99 Å². The molecular weight excluding hydrogens is 494 g/mol. The first kappa shape index (κ1) is 24.8. The van der Waals surface area contributed by atoms with Gasteiger partial charge in [-0.25, -0.2) is 4.98 Å². The third kappa shape index (κ3) is 6.75. The van der Waals surface area contributed by atoms with Gasteiger partial charge in [-0.1, -0.05) is 11.8 Å². The molecule has 0 aliphatic carbocycles. The predicted octanol–water partition coefficient (Wildman–Crippen LogP) is 2.03.